The molecule has 0 spiro atoms. The van der Waals surface area contributed by atoms with Crippen LogP contribution >= 0.6 is 11.3 Å². The van der Waals surface area contributed by atoms with Crippen LogP contribution in [0.15, 0.2) is 164 Å². The molecule has 0 N–H and O–H groups in total. The third-order valence-corrected chi connectivity index (χ3v) is 10.7. The normalized spacial score (nSPS) is 11.7. The molecule has 2 heterocycles. The van der Waals surface area contributed by atoms with E-state index >= 15 is 0 Å². The number of benzene rings is 8. The van der Waals surface area contributed by atoms with Crippen LogP contribution < -0.4 is 0 Å². The van der Waals surface area contributed by atoms with Crippen LogP contribution in [0.2, 0.25) is 0 Å². The molecular formula is C45H27N3S. The van der Waals surface area contributed by atoms with Crippen LogP contribution in [0.4, 0.5) is 0 Å². The van der Waals surface area contributed by atoms with Crippen LogP contribution in [0, 0.1) is 0 Å². The highest BCUT2D eigenvalue weighted by Crippen LogP contribution is 2.42. The molecule has 3 nitrogen and oxygen atoms in total. The summed E-state index contributed by atoms with van der Waals surface area (Å²) in [6.07, 6.45) is 0. The SMILES string of the molecule is c1ccc(-c2nc(-c3ccccc3)nc(-c3ccccc3-c3ccc4c(ccc5ccc6c(ccc7c8ccccc8sc76)c54)c3)n2)cc1. The molecule has 0 amide bonds. The summed E-state index contributed by atoms with van der Waals surface area (Å²) in [6.45, 7) is 0. The van der Waals surface area contributed by atoms with Crippen molar-refractivity contribution in [3.8, 4) is 45.3 Å². The minimum atomic E-state index is 0.653. The van der Waals surface area contributed by atoms with E-state index in [0.717, 1.165) is 27.8 Å². The van der Waals surface area contributed by atoms with Crippen LogP contribution in [0.1, 0.15) is 0 Å². The molecule has 0 aliphatic heterocycles. The van der Waals surface area contributed by atoms with E-state index in [1.807, 2.05) is 72.0 Å². The fourth-order valence-electron chi connectivity index (χ4n) is 7.18. The van der Waals surface area contributed by atoms with Gasteiger partial charge in [0.05, 0.1) is 0 Å². The highest BCUT2D eigenvalue weighted by atomic mass is 32.1. The van der Waals surface area contributed by atoms with Crippen LogP contribution in [0.3, 0.4) is 0 Å². The maximum Gasteiger partial charge on any atom is 0.164 e. The molecule has 0 aliphatic rings. The second kappa shape index (κ2) is 11.2. The molecule has 228 valence electrons. The Morgan fingerprint density at radius 1 is 0.347 bits per heavy atom. The van der Waals surface area contributed by atoms with Crippen molar-refractivity contribution in [1.82, 2.24) is 15.0 Å². The summed E-state index contributed by atoms with van der Waals surface area (Å²) >= 11 is 1.89. The van der Waals surface area contributed by atoms with Gasteiger partial charge in [-0.2, -0.15) is 0 Å². The lowest BCUT2D eigenvalue weighted by atomic mass is 9.92. The average molecular weight is 642 g/mol. The van der Waals surface area contributed by atoms with Gasteiger partial charge in [-0.1, -0.05) is 152 Å². The number of nitrogens with zero attached hydrogens (tertiary/aromatic N) is 3. The summed E-state index contributed by atoms with van der Waals surface area (Å²) < 4.78 is 2.68. The second-order valence-corrected chi connectivity index (χ2v) is 13.4. The molecule has 0 unspecified atom stereocenters. The maximum atomic E-state index is 5.04. The first-order chi connectivity index (χ1) is 24.3. The van der Waals surface area contributed by atoms with Gasteiger partial charge >= 0.3 is 0 Å². The molecule has 0 bridgehead atoms. The highest BCUT2D eigenvalue weighted by Gasteiger charge is 2.17. The topological polar surface area (TPSA) is 38.7 Å². The molecule has 4 heteroatoms. The van der Waals surface area contributed by atoms with Crippen molar-refractivity contribution >= 4 is 63.8 Å². The van der Waals surface area contributed by atoms with Gasteiger partial charge in [0.25, 0.3) is 0 Å². The molecule has 0 atom stereocenters. The van der Waals surface area contributed by atoms with Gasteiger partial charge in [0.15, 0.2) is 17.5 Å². The molecule has 0 saturated carbocycles. The predicted octanol–water partition coefficient (Wildman–Crippen LogP) is 12.4. The minimum Gasteiger partial charge on any atom is -0.208 e. The molecule has 10 aromatic rings. The Kier molecular flexibility index (Phi) is 6.36. The van der Waals surface area contributed by atoms with E-state index in [1.165, 1.54) is 52.5 Å². The molecule has 2 aromatic heterocycles. The Labute approximate surface area is 286 Å². The first-order valence-electron chi connectivity index (χ1n) is 16.4. The summed E-state index contributed by atoms with van der Waals surface area (Å²) in [4.78, 5) is 15.0. The predicted molar refractivity (Wildman–Crippen MR) is 207 cm³/mol. The third-order valence-electron chi connectivity index (χ3n) is 9.51. The Bertz CT molecular complexity index is 2820. The van der Waals surface area contributed by atoms with E-state index in [1.54, 1.807) is 0 Å². The molecule has 10 rings (SSSR count). The lowest BCUT2D eigenvalue weighted by molar-refractivity contribution is 1.07. The van der Waals surface area contributed by atoms with Gasteiger partial charge in [-0.3, -0.25) is 0 Å². The Balaban J connectivity index is 1.15. The zero-order chi connectivity index (χ0) is 32.3. The van der Waals surface area contributed by atoms with E-state index in [2.05, 4.69) is 103 Å². The molecule has 49 heavy (non-hydrogen) atoms. The van der Waals surface area contributed by atoms with Crippen LogP contribution in [-0.4, -0.2) is 15.0 Å². The van der Waals surface area contributed by atoms with Gasteiger partial charge in [0.1, 0.15) is 0 Å². The van der Waals surface area contributed by atoms with Crippen molar-refractivity contribution in [1.29, 1.82) is 0 Å². The number of hydrogen-bond donors (Lipinski definition) is 0. The summed E-state index contributed by atoms with van der Waals surface area (Å²) in [5.41, 5.74) is 5.09. The Morgan fingerprint density at radius 2 is 0.898 bits per heavy atom. The van der Waals surface area contributed by atoms with E-state index in [-0.39, 0.29) is 0 Å². The number of aromatic nitrogens is 3. The molecular weight excluding hydrogens is 615 g/mol. The van der Waals surface area contributed by atoms with Crippen molar-refractivity contribution in [2.75, 3.05) is 0 Å². The molecule has 0 radical (unpaired) electrons. The fraction of sp³-hybridized carbons (Fsp3) is 0. The maximum absolute atomic E-state index is 5.04. The minimum absolute atomic E-state index is 0.653. The Morgan fingerprint density at radius 3 is 1.67 bits per heavy atom. The number of rotatable bonds is 4. The fourth-order valence-corrected chi connectivity index (χ4v) is 8.41. The number of hydrogen-bond acceptors (Lipinski definition) is 4. The monoisotopic (exact) mass is 641 g/mol. The van der Waals surface area contributed by atoms with Gasteiger partial charge in [0.2, 0.25) is 0 Å². The van der Waals surface area contributed by atoms with Gasteiger partial charge in [-0.05, 0) is 50.2 Å². The van der Waals surface area contributed by atoms with E-state index in [9.17, 15) is 0 Å². The highest BCUT2D eigenvalue weighted by molar-refractivity contribution is 7.26. The van der Waals surface area contributed by atoms with Crippen molar-refractivity contribution in [3.05, 3.63) is 164 Å². The molecule has 0 fully saturated rings. The van der Waals surface area contributed by atoms with Crippen molar-refractivity contribution < 1.29 is 0 Å². The molecule has 0 aliphatic carbocycles. The first kappa shape index (κ1) is 27.8. The smallest absolute Gasteiger partial charge is 0.164 e. The lowest BCUT2D eigenvalue weighted by Gasteiger charge is -2.13. The third kappa shape index (κ3) is 4.61. The van der Waals surface area contributed by atoms with E-state index in [4.69, 9.17) is 15.0 Å². The molecule has 0 saturated heterocycles. The van der Waals surface area contributed by atoms with E-state index < -0.39 is 0 Å². The number of fused-ring (bicyclic) bond motifs is 9. The van der Waals surface area contributed by atoms with Crippen molar-refractivity contribution in [2.45, 2.75) is 0 Å². The number of thiophene rings is 1. The lowest BCUT2D eigenvalue weighted by Crippen LogP contribution is -2.01. The summed E-state index contributed by atoms with van der Waals surface area (Å²) in [7, 11) is 0. The van der Waals surface area contributed by atoms with Crippen LogP contribution in [0.5, 0.6) is 0 Å². The quantitative estimate of drug-likeness (QED) is 0.180. The summed E-state index contributed by atoms with van der Waals surface area (Å²) in [6, 6.07) is 58.0. The van der Waals surface area contributed by atoms with E-state index in [0.29, 0.717) is 17.5 Å². The van der Waals surface area contributed by atoms with Crippen molar-refractivity contribution in [2.24, 2.45) is 0 Å². The van der Waals surface area contributed by atoms with Gasteiger partial charge in [0, 0.05) is 42.2 Å². The van der Waals surface area contributed by atoms with Crippen LogP contribution in [0.25, 0.3) is 97.8 Å². The summed E-state index contributed by atoms with van der Waals surface area (Å²) in [5, 5.41) is 10.3. The largest absolute Gasteiger partial charge is 0.208 e. The standard InChI is InChI=1S/C45H27N3S/c1-3-11-29(12-4-1)43-46-44(30-13-5-2-6-14-30)48-45(47-43)39-17-8-7-15-33(39)31-22-23-34-32(27-31)20-19-28-21-24-38-36(41(28)34)25-26-37-35-16-9-10-18-40(35)49-42(37)38/h1-27H. The Hall–Kier alpha value is -6.23. The molecule has 8 aromatic carbocycles. The van der Waals surface area contributed by atoms with Gasteiger partial charge in [-0.15, -0.1) is 11.3 Å². The van der Waals surface area contributed by atoms with Gasteiger partial charge < -0.3 is 0 Å². The van der Waals surface area contributed by atoms with Crippen molar-refractivity contribution in [3.63, 3.8) is 0 Å². The average Bonchev–Trinajstić information content (AvgIpc) is 3.57. The zero-order valence-corrected chi connectivity index (χ0v) is 27.2. The summed E-state index contributed by atoms with van der Waals surface area (Å²) in [5.74, 6) is 1.97. The van der Waals surface area contributed by atoms with Crippen LogP contribution in [-0.2, 0) is 0 Å². The first-order valence-corrected chi connectivity index (χ1v) is 17.3. The second-order valence-electron chi connectivity index (χ2n) is 12.4. The zero-order valence-electron chi connectivity index (χ0n) is 26.3. The van der Waals surface area contributed by atoms with Gasteiger partial charge in [-0.25, -0.2) is 15.0 Å².